The highest BCUT2D eigenvalue weighted by molar-refractivity contribution is 5.94. The maximum atomic E-state index is 12.9. The molecule has 0 spiro atoms. The van der Waals surface area contributed by atoms with Crippen molar-refractivity contribution >= 4 is 23.1 Å². The first-order valence-corrected chi connectivity index (χ1v) is 9.75. The maximum absolute atomic E-state index is 12.9. The standard InChI is InChI=1S/C20H21N7O4/c1-31-17-6-5-15(27(29)30)10-16(17)24-20(28)14-4-2-8-25(12-14)18-11-19(22-13-21-18)26-9-3-7-23-26/h3,5-7,9-11,13-14H,2,4,8,12H2,1H3,(H,24,28). The molecule has 1 unspecified atom stereocenters. The van der Waals surface area contributed by atoms with Gasteiger partial charge in [-0.25, -0.2) is 14.6 Å². The summed E-state index contributed by atoms with van der Waals surface area (Å²) in [6.45, 7) is 1.23. The van der Waals surface area contributed by atoms with Gasteiger partial charge in [-0.2, -0.15) is 5.10 Å². The summed E-state index contributed by atoms with van der Waals surface area (Å²) in [5, 5.41) is 18.1. The van der Waals surface area contributed by atoms with Crippen LogP contribution in [-0.2, 0) is 4.79 Å². The number of nitro groups is 1. The fraction of sp³-hybridized carbons (Fsp3) is 0.300. The SMILES string of the molecule is COc1ccc([N+](=O)[O-])cc1NC(=O)C1CCCN(c2cc(-n3cccn3)ncn2)C1. The predicted molar refractivity (Wildman–Crippen MR) is 112 cm³/mol. The van der Waals surface area contributed by atoms with Crippen LogP contribution in [0.3, 0.4) is 0 Å². The van der Waals surface area contributed by atoms with Crippen LogP contribution in [0.4, 0.5) is 17.2 Å². The number of nitro benzene ring substituents is 1. The Balaban J connectivity index is 1.49. The highest BCUT2D eigenvalue weighted by Gasteiger charge is 2.28. The van der Waals surface area contributed by atoms with E-state index >= 15 is 0 Å². The third-order valence-corrected chi connectivity index (χ3v) is 5.15. The first kappa shape index (κ1) is 20.3. The Morgan fingerprint density at radius 3 is 2.87 bits per heavy atom. The van der Waals surface area contributed by atoms with Gasteiger partial charge in [0.15, 0.2) is 5.82 Å². The number of carbonyl (C=O) groups excluding carboxylic acids is 1. The van der Waals surface area contributed by atoms with Gasteiger partial charge in [0.05, 0.1) is 23.6 Å². The van der Waals surface area contributed by atoms with Crippen LogP contribution in [0, 0.1) is 16.0 Å². The number of carbonyl (C=O) groups is 1. The number of nitrogens with one attached hydrogen (secondary N) is 1. The second kappa shape index (κ2) is 8.78. The zero-order chi connectivity index (χ0) is 21.8. The normalized spacial score (nSPS) is 16.0. The number of piperidine rings is 1. The fourth-order valence-electron chi connectivity index (χ4n) is 3.58. The molecule has 1 fully saturated rings. The van der Waals surface area contributed by atoms with Gasteiger partial charge < -0.3 is 15.0 Å². The van der Waals surface area contributed by atoms with Crippen molar-refractivity contribution in [3.8, 4) is 11.6 Å². The smallest absolute Gasteiger partial charge is 0.271 e. The third-order valence-electron chi connectivity index (χ3n) is 5.15. The zero-order valence-corrected chi connectivity index (χ0v) is 16.8. The quantitative estimate of drug-likeness (QED) is 0.473. The van der Waals surface area contributed by atoms with Crippen molar-refractivity contribution < 1.29 is 14.5 Å². The van der Waals surface area contributed by atoms with E-state index < -0.39 is 4.92 Å². The van der Waals surface area contributed by atoms with E-state index in [2.05, 4.69) is 20.4 Å². The van der Waals surface area contributed by atoms with Crippen molar-refractivity contribution in [3.05, 3.63) is 59.2 Å². The number of anilines is 2. The number of hydrogen-bond donors (Lipinski definition) is 1. The van der Waals surface area contributed by atoms with E-state index in [1.54, 1.807) is 17.1 Å². The highest BCUT2D eigenvalue weighted by Crippen LogP contribution is 2.30. The van der Waals surface area contributed by atoms with E-state index in [4.69, 9.17) is 4.74 Å². The predicted octanol–water partition coefficient (Wildman–Crippen LogP) is 2.43. The minimum atomic E-state index is -0.510. The van der Waals surface area contributed by atoms with Gasteiger partial charge in [-0.3, -0.25) is 14.9 Å². The Kier molecular flexibility index (Phi) is 5.74. The number of hydrogen-bond acceptors (Lipinski definition) is 8. The Morgan fingerprint density at radius 2 is 2.13 bits per heavy atom. The number of nitrogens with zero attached hydrogens (tertiary/aromatic N) is 6. The van der Waals surface area contributed by atoms with Gasteiger partial charge in [0.25, 0.3) is 5.69 Å². The number of rotatable bonds is 6. The maximum Gasteiger partial charge on any atom is 0.271 e. The molecule has 1 aliphatic heterocycles. The van der Waals surface area contributed by atoms with Crippen LogP contribution < -0.4 is 15.0 Å². The first-order chi connectivity index (χ1) is 15.0. The Labute approximate surface area is 177 Å². The summed E-state index contributed by atoms with van der Waals surface area (Å²) in [4.78, 5) is 34.1. The topological polar surface area (TPSA) is 128 Å². The third kappa shape index (κ3) is 4.44. The summed E-state index contributed by atoms with van der Waals surface area (Å²) in [6, 6.07) is 7.75. The molecular weight excluding hydrogens is 402 g/mol. The lowest BCUT2D eigenvalue weighted by atomic mass is 9.97. The van der Waals surface area contributed by atoms with Crippen LogP contribution in [0.15, 0.2) is 49.1 Å². The van der Waals surface area contributed by atoms with Crippen molar-refractivity contribution in [2.45, 2.75) is 12.8 Å². The summed E-state index contributed by atoms with van der Waals surface area (Å²) in [5.41, 5.74) is 0.162. The van der Waals surface area contributed by atoms with Gasteiger partial charge >= 0.3 is 0 Å². The lowest BCUT2D eigenvalue weighted by Gasteiger charge is -2.33. The minimum absolute atomic E-state index is 0.117. The molecule has 0 saturated carbocycles. The number of benzene rings is 1. The zero-order valence-electron chi connectivity index (χ0n) is 16.8. The second-order valence-corrected chi connectivity index (χ2v) is 7.10. The van der Waals surface area contributed by atoms with Crippen LogP contribution in [0.1, 0.15) is 12.8 Å². The molecule has 3 heterocycles. The number of non-ortho nitro benzene ring substituents is 1. The molecule has 31 heavy (non-hydrogen) atoms. The van der Waals surface area contributed by atoms with E-state index in [1.165, 1.54) is 31.6 Å². The lowest BCUT2D eigenvalue weighted by molar-refractivity contribution is -0.384. The van der Waals surface area contributed by atoms with Gasteiger partial charge in [-0.15, -0.1) is 0 Å². The molecule has 3 aromatic rings. The van der Waals surface area contributed by atoms with Gasteiger partial charge in [-0.1, -0.05) is 0 Å². The fourth-order valence-corrected chi connectivity index (χ4v) is 3.58. The summed E-state index contributed by atoms with van der Waals surface area (Å²) < 4.78 is 6.88. The van der Waals surface area contributed by atoms with Crippen molar-refractivity contribution in [2.75, 3.05) is 30.4 Å². The van der Waals surface area contributed by atoms with Gasteiger partial charge in [0.2, 0.25) is 5.91 Å². The van der Waals surface area contributed by atoms with Crippen molar-refractivity contribution in [3.63, 3.8) is 0 Å². The van der Waals surface area contributed by atoms with Crippen LogP contribution in [-0.4, -0.2) is 50.8 Å². The summed E-state index contributed by atoms with van der Waals surface area (Å²) in [6.07, 6.45) is 6.46. The van der Waals surface area contributed by atoms with E-state index in [0.717, 1.165) is 13.0 Å². The molecule has 1 N–H and O–H groups in total. The summed E-state index contributed by atoms with van der Waals surface area (Å²) in [5.74, 6) is 1.20. The van der Waals surface area contributed by atoms with Gasteiger partial charge in [0.1, 0.15) is 17.9 Å². The van der Waals surface area contributed by atoms with Crippen LogP contribution in [0.2, 0.25) is 0 Å². The molecule has 2 aromatic heterocycles. The summed E-state index contributed by atoms with van der Waals surface area (Å²) >= 11 is 0. The molecule has 11 nitrogen and oxygen atoms in total. The van der Waals surface area contributed by atoms with Crippen LogP contribution >= 0.6 is 0 Å². The van der Waals surface area contributed by atoms with E-state index in [1.807, 2.05) is 17.0 Å². The lowest BCUT2D eigenvalue weighted by Crippen LogP contribution is -2.41. The van der Waals surface area contributed by atoms with Gasteiger partial charge in [-0.05, 0) is 25.0 Å². The Bertz CT molecular complexity index is 1090. The van der Waals surface area contributed by atoms with E-state index in [0.29, 0.717) is 30.4 Å². The average Bonchev–Trinajstić information content (AvgIpc) is 3.34. The van der Waals surface area contributed by atoms with Crippen molar-refractivity contribution in [1.82, 2.24) is 19.7 Å². The van der Waals surface area contributed by atoms with Crippen LogP contribution in [0.5, 0.6) is 5.75 Å². The number of ether oxygens (including phenoxy) is 1. The molecule has 1 aliphatic rings. The van der Waals surface area contributed by atoms with E-state index in [9.17, 15) is 14.9 Å². The first-order valence-electron chi connectivity index (χ1n) is 9.75. The van der Waals surface area contributed by atoms with Gasteiger partial charge in [0, 0.05) is 43.7 Å². The highest BCUT2D eigenvalue weighted by atomic mass is 16.6. The van der Waals surface area contributed by atoms with E-state index in [-0.39, 0.29) is 23.2 Å². The minimum Gasteiger partial charge on any atom is -0.495 e. The number of methoxy groups -OCH3 is 1. The molecule has 1 atom stereocenters. The molecule has 1 amide bonds. The molecule has 0 radical (unpaired) electrons. The molecule has 11 heteroatoms. The monoisotopic (exact) mass is 423 g/mol. The van der Waals surface area contributed by atoms with Crippen LogP contribution in [0.25, 0.3) is 5.82 Å². The second-order valence-electron chi connectivity index (χ2n) is 7.10. The molecule has 4 rings (SSSR count). The molecule has 0 bridgehead atoms. The largest absolute Gasteiger partial charge is 0.495 e. The molecule has 1 aromatic carbocycles. The summed E-state index contributed by atoms with van der Waals surface area (Å²) in [7, 11) is 1.45. The Hall–Kier alpha value is -4.02. The molecule has 0 aliphatic carbocycles. The molecule has 160 valence electrons. The number of amides is 1. The Morgan fingerprint density at radius 1 is 1.29 bits per heavy atom. The molecular formula is C20H21N7O4. The van der Waals surface area contributed by atoms with Crippen molar-refractivity contribution in [2.24, 2.45) is 5.92 Å². The molecule has 1 saturated heterocycles. The number of aromatic nitrogens is 4. The van der Waals surface area contributed by atoms with Crippen molar-refractivity contribution in [1.29, 1.82) is 0 Å². The average molecular weight is 423 g/mol.